The van der Waals surface area contributed by atoms with E-state index in [4.69, 9.17) is 0 Å². The Morgan fingerprint density at radius 3 is 2.65 bits per heavy atom. The van der Waals surface area contributed by atoms with Crippen LogP contribution in [0.15, 0.2) is 46.6 Å². The highest BCUT2D eigenvalue weighted by Gasteiger charge is 2.08. The van der Waals surface area contributed by atoms with Crippen LogP contribution >= 0.6 is 11.3 Å². The van der Waals surface area contributed by atoms with Crippen LogP contribution in [0.3, 0.4) is 0 Å². The Morgan fingerprint density at radius 1 is 1.17 bits per heavy atom. The molecule has 5 nitrogen and oxygen atoms in total. The fourth-order valence-corrected chi connectivity index (χ4v) is 2.95. The van der Waals surface area contributed by atoms with Crippen molar-refractivity contribution in [1.82, 2.24) is 15.2 Å². The summed E-state index contributed by atoms with van der Waals surface area (Å²) >= 11 is 1.47. The lowest BCUT2D eigenvalue weighted by atomic mass is 10.1. The molecule has 0 aliphatic heterocycles. The molecule has 118 valence electrons. The van der Waals surface area contributed by atoms with Gasteiger partial charge in [0.2, 0.25) is 5.95 Å². The molecule has 1 aromatic carbocycles. The molecule has 0 saturated carbocycles. The fourth-order valence-electron chi connectivity index (χ4n) is 2.24. The van der Waals surface area contributed by atoms with Crippen LogP contribution in [0.1, 0.15) is 25.3 Å². The molecule has 0 spiro atoms. The number of aryl methyl sites for hydroxylation is 1. The monoisotopic (exact) mass is 326 g/mol. The normalized spacial score (nSPS) is 10.7. The number of nitrogens with zero attached hydrogens (tertiary/aromatic N) is 2. The molecule has 23 heavy (non-hydrogen) atoms. The summed E-state index contributed by atoms with van der Waals surface area (Å²) in [5.74, 6) is 0.344. The highest BCUT2D eigenvalue weighted by molar-refractivity contribution is 7.13. The molecule has 3 rings (SSSR count). The number of hydrogen-bond acceptors (Lipinski definition) is 5. The van der Waals surface area contributed by atoms with Crippen molar-refractivity contribution in [3.05, 3.63) is 57.7 Å². The molecule has 0 aliphatic carbocycles. The van der Waals surface area contributed by atoms with Gasteiger partial charge in [-0.3, -0.25) is 9.78 Å². The first-order chi connectivity index (χ1) is 11.3. The molecule has 2 N–H and O–H groups in total. The second kappa shape index (κ2) is 7.19. The van der Waals surface area contributed by atoms with Gasteiger partial charge in [0.15, 0.2) is 5.69 Å². The number of rotatable bonds is 6. The minimum absolute atomic E-state index is 0.246. The Bertz CT molecular complexity index is 809. The number of benzene rings is 1. The number of unbranched alkanes of at least 4 members (excludes halogenated alkanes) is 1. The second-order valence-corrected chi connectivity index (χ2v) is 6.20. The number of aromatic nitrogens is 3. The minimum atomic E-state index is -0.246. The van der Waals surface area contributed by atoms with Crippen LogP contribution in [0.5, 0.6) is 0 Å². The minimum Gasteiger partial charge on any atom is -0.324 e. The van der Waals surface area contributed by atoms with Gasteiger partial charge in [0.1, 0.15) is 0 Å². The second-order valence-electron chi connectivity index (χ2n) is 5.25. The molecule has 2 heterocycles. The molecular formula is C17H18N4OS. The third-order valence-electron chi connectivity index (χ3n) is 3.49. The summed E-state index contributed by atoms with van der Waals surface area (Å²) < 4.78 is 0. The summed E-state index contributed by atoms with van der Waals surface area (Å²) in [6.07, 6.45) is 3.46. The van der Waals surface area contributed by atoms with Crippen molar-refractivity contribution in [2.24, 2.45) is 0 Å². The van der Waals surface area contributed by atoms with Crippen LogP contribution in [0.25, 0.3) is 10.6 Å². The molecule has 0 fully saturated rings. The van der Waals surface area contributed by atoms with Crippen molar-refractivity contribution in [3.8, 4) is 10.6 Å². The van der Waals surface area contributed by atoms with Crippen LogP contribution in [-0.2, 0) is 6.42 Å². The SMILES string of the molecule is CCCCc1ccc(Nc2nnc(-c3cccs3)c(=O)[nH]2)cc1. The van der Waals surface area contributed by atoms with Crippen molar-refractivity contribution >= 4 is 23.0 Å². The Labute approximate surface area is 138 Å². The van der Waals surface area contributed by atoms with E-state index in [1.54, 1.807) is 0 Å². The van der Waals surface area contributed by atoms with Gasteiger partial charge in [-0.2, -0.15) is 0 Å². The molecule has 6 heteroatoms. The molecule has 0 atom stereocenters. The maximum Gasteiger partial charge on any atom is 0.280 e. The van der Waals surface area contributed by atoms with Crippen molar-refractivity contribution in [3.63, 3.8) is 0 Å². The summed E-state index contributed by atoms with van der Waals surface area (Å²) in [4.78, 5) is 15.6. The predicted molar refractivity (Wildman–Crippen MR) is 94.3 cm³/mol. The first-order valence-electron chi connectivity index (χ1n) is 7.63. The van der Waals surface area contributed by atoms with Crippen molar-refractivity contribution in [2.45, 2.75) is 26.2 Å². The molecule has 2 aromatic heterocycles. The number of aromatic amines is 1. The Morgan fingerprint density at radius 2 is 2.00 bits per heavy atom. The van der Waals surface area contributed by atoms with E-state index in [-0.39, 0.29) is 5.56 Å². The third kappa shape index (κ3) is 3.84. The van der Waals surface area contributed by atoms with E-state index in [0.717, 1.165) is 17.0 Å². The first-order valence-corrected chi connectivity index (χ1v) is 8.51. The maximum absolute atomic E-state index is 12.1. The van der Waals surface area contributed by atoms with Crippen LogP contribution in [0.2, 0.25) is 0 Å². The summed E-state index contributed by atoms with van der Waals surface area (Å²) in [5, 5.41) is 13.1. The zero-order valence-electron chi connectivity index (χ0n) is 12.9. The van der Waals surface area contributed by atoms with Gasteiger partial charge >= 0.3 is 0 Å². The number of hydrogen-bond donors (Lipinski definition) is 2. The van der Waals surface area contributed by atoms with Gasteiger partial charge in [0.05, 0.1) is 4.88 Å². The summed E-state index contributed by atoms with van der Waals surface area (Å²) in [6, 6.07) is 11.9. The van der Waals surface area contributed by atoms with Crippen molar-refractivity contribution < 1.29 is 0 Å². The summed E-state index contributed by atoms with van der Waals surface area (Å²) in [5.41, 5.74) is 2.29. The molecule has 0 bridgehead atoms. The van der Waals surface area contributed by atoms with Gasteiger partial charge in [-0.15, -0.1) is 21.5 Å². The molecule has 3 aromatic rings. The lowest BCUT2D eigenvalue weighted by molar-refractivity contribution is 0.795. The van der Waals surface area contributed by atoms with Crippen molar-refractivity contribution in [1.29, 1.82) is 0 Å². The van der Waals surface area contributed by atoms with Gasteiger partial charge in [0, 0.05) is 5.69 Å². The number of thiophene rings is 1. The highest BCUT2D eigenvalue weighted by Crippen LogP contribution is 2.19. The molecule has 0 unspecified atom stereocenters. The average molecular weight is 326 g/mol. The third-order valence-corrected chi connectivity index (χ3v) is 4.36. The maximum atomic E-state index is 12.1. The van der Waals surface area contributed by atoms with Crippen LogP contribution in [0.4, 0.5) is 11.6 Å². The topological polar surface area (TPSA) is 70.7 Å². The van der Waals surface area contributed by atoms with E-state index in [1.807, 2.05) is 29.6 Å². The molecule has 0 aliphatic rings. The zero-order valence-corrected chi connectivity index (χ0v) is 13.7. The van der Waals surface area contributed by atoms with E-state index < -0.39 is 0 Å². The van der Waals surface area contributed by atoms with E-state index in [2.05, 4.69) is 39.6 Å². The van der Waals surface area contributed by atoms with E-state index in [9.17, 15) is 4.79 Å². The lowest BCUT2D eigenvalue weighted by Gasteiger charge is -2.06. The molecule has 0 radical (unpaired) electrons. The van der Waals surface area contributed by atoms with Crippen LogP contribution in [0, 0.1) is 0 Å². The van der Waals surface area contributed by atoms with E-state index in [1.165, 1.54) is 29.7 Å². The average Bonchev–Trinajstić information content (AvgIpc) is 3.08. The highest BCUT2D eigenvalue weighted by atomic mass is 32.1. The van der Waals surface area contributed by atoms with Gasteiger partial charge in [-0.25, -0.2) is 0 Å². The summed E-state index contributed by atoms with van der Waals surface area (Å²) in [6.45, 7) is 2.19. The molecule has 0 amide bonds. The first kappa shape index (κ1) is 15.4. The molecular weight excluding hydrogens is 308 g/mol. The van der Waals surface area contributed by atoms with Crippen LogP contribution < -0.4 is 10.9 Å². The Kier molecular flexibility index (Phi) is 4.83. The van der Waals surface area contributed by atoms with Gasteiger partial charge in [0.25, 0.3) is 5.56 Å². The van der Waals surface area contributed by atoms with Crippen molar-refractivity contribution in [2.75, 3.05) is 5.32 Å². The largest absolute Gasteiger partial charge is 0.324 e. The number of nitrogens with one attached hydrogen (secondary N) is 2. The lowest BCUT2D eigenvalue weighted by Crippen LogP contribution is -2.15. The van der Waals surface area contributed by atoms with Crippen LogP contribution in [-0.4, -0.2) is 15.2 Å². The number of H-pyrrole nitrogens is 1. The fraction of sp³-hybridized carbons (Fsp3) is 0.235. The predicted octanol–water partition coefficient (Wildman–Crippen LogP) is 3.98. The Hall–Kier alpha value is -2.47. The van der Waals surface area contributed by atoms with Gasteiger partial charge in [-0.1, -0.05) is 31.5 Å². The smallest absolute Gasteiger partial charge is 0.280 e. The zero-order chi connectivity index (χ0) is 16.1. The summed E-state index contributed by atoms with van der Waals surface area (Å²) in [7, 11) is 0. The quantitative estimate of drug-likeness (QED) is 0.719. The van der Waals surface area contributed by atoms with E-state index >= 15 is 0 Å². The molecule has 0 saturated heterocycles. The standard InChI is InChI=1S/C17H18N4OS/c1-2-3-5-12-7-9-13(10-8-12)18-17-19-16(22)15(20-21-17)14-6-4-11-23-14/h4,6-11H,2-3,5H2,1H3,(H2,18,19,21,22). The van der Waals surface area contributed by atoms with E-state index in [0.29, 0.717) is 11.6 Å². The Balaban J connectivity index is 1.73. The number of anilines is 2. The van der Waals surface area contributed by atoms with Gasteiger partial charge in [-0.05, 0) is 42.0 Å². The van der Waals surface area contributed by atoms with Gasteiger partial charge < -0.3 is 5.32 Å².